The van der Waals surface area contributed by atoms with Crippen LogP contribution in [0.5, 0.6) is 0 Å². The molecule has 0 aliphatic carbocycles. The van der Waals surface area contributed by atoms with E-state index in [2.05, 4.69) is 9.88 Å². The summed E-state index contributed by atoms with van der Waals surface area (Å²) in [4.78, 5) is 32.9. The zero-order valence-corrected chi connectivity index (χ0v) is 19.4. The fourth-order valence-corrected chi connectivity index (χ4v) is 4.80. The fourth-order valence-electron chi connectivity index (χ4n) is 4.63. The Balaban J connectivity index is 1.83. The molecule has 0 amide bonds. The molecule has 0 bridgehead atoms. The largest absolute Gasteiger partial charge is 0.356 e. The molecule has 1 unspecified atom stereocenters. The molecule has 0 spiro atoms. The maximum absolute atomic E-state index is 14.1. The van der Waals surface area contributed by atoms with Crippen LogP contribution in [0.15, 0.2) is 58.4 Å². The number of anilines is 1. The highest BCUT2D eigenvalue weighted by Gasteiger charge is 2.26. The summed E-state index contributed by atoms with van der Waals surface area (Å²) in [5.74, 6) is 0.309. The van der Waals surface area contributed by atoms with Crippen LogP contribution in [0.1, 0.15) is 18.4 Å². The molecule has 176 valence electrons. The molecule has 1 atom stereocenters. The van der Waals surface area contributed by atoms with E-state index in [0.717, 1.165) is 29.8 Å². The molecule has 5 rings (SSSR count). The summed E-state index contributed by atoms with van der Waals surface area (Å²) < 4.78 is 18.4. The zero-order valence-electron chi connectivity index (χ0n) is 18.6. The van der Waals surface area contributed by atoms with Crippen molar-refractivity contribution in [3.8, 4) is 5.69 Å². The minimum Gasteiger partial charge on any atom is -0.356 e. The van der Waals surface area contributed by atoms with Crippen molar-refractivity contribution in [2.75, 3.05) is 18.0 Å². The quantitative estimate of drug-likeness (QED) is 0.483. The number of halogens is 2. The first-order valence-electron chi connectivity index (χ1n) is 11.1. The Morgan fingerprint density at radius 3 is 2.79 bits per heavy atom. The van der Waals surface area contributed by atoms with E-state index in [-0.39, 0.29) is 12.6 Å². The van der Waals surface area contributed by atoms with Crippen LogP contribution in [0.4, 0.5) is 10.2 Å². The summed E-state index contributed by atoms with van der Waals surface area (Å²) >= 11 is 6.39. The van der Waals surface area contributed by atoms with Crippen molar-refractivity contribution in [1.82, 2.24) is 18.7 Å². The maximum atomic E-state index is 14.1. The summed E-state index contributed by atoms with van der Waals surface area (Å²) in [6.45, 7) is 1.50. The molecule has 0 saturated carbocycles. The smallest absolute Gasteiger partial charge is 0.335 e. The highest BCUT2D eigenvalue weighted by Crippen LogP contribution is 2.30. The molecule has 1 aliphatic heterocycles. The van der Waals surface area contributed by atoms with Crippen LogP contribution in [-0.2, 0) is 13.6 Å². The molecular weight excluding hydrogens is 459 g/mol. The lowest BCUT2D eigenvalue weighted by atomic mass is 10.1. The standard InChI is InChI=1S/C24H24ClFN6O2/c1-29-23(33)22-20(32(24(29)34)18-5-2-8-28-12-18)11-21(30-9-3-4-17(27)14-30)31(22)13-15-10-16(26)6-7-19(15)25/h2,5-8,10-12,17H,3-4,9,13-14,27H2,1H3. The van der Waals surface area contributed by atoms with Crippen molar-refractivity contribution in [3.63, 3.8) is 0 Å². The van der Waals surface area contributed by atoms with E-state index < -0.39 is 17.1 Å². The van der Waals surface area contributed by atoms with Gasteiger partial charge in [-0.25, -0.2) is 9.18 Å². The van der Waals surface area contributed by atoms with Gasteiger partial charge in [-0.2, -0.15) is 0 Å². The van der Waals surface area contributed by atoms with E-state index in [1.165, 1.54) is 29.8 Å². The summed E-state index contributed by atoms with van der Waals surface area (Å²) in [5, 5.41) is 0.391. The third kappa shape index (κ3) is 3.80. The molecule has 8 nitrogen and oxygen atoms in total. The third-order valence-electron chi connectivity index (χ3n) is 6.30. The molecule has 3 aromatic heterocycles. The van der Waals surface area contributed by atoms with E-state index in [1.807, 2.05) is 10.6 Å². The predicted molar refractivity (Wildman–Crippen MR) is 131 cm³/mol. The monoisotopic (exact) mass is 482 g/mol. The van der Waals surface area contributed by atoms with Crippen LogP contribution < -0.4 is 21.9 Å². The molecule has 1 saturated heterocycles. The SMILES string of the molecule is Cn1c(=O)c2c(cc(N3CCCC(N)C3)n2Cc2cc(F)ccc2Cl)n(-c2cccnc2)c1=O. The lowest BCUT2D eigenvalue weighted by Gasteiger charge is -2.33. The third-order valence-corrected chi connectivity index (χ3v) is 6.67. The van der Waals surface area contributed by atoms with E-state index >= 15 is 0 Å². The van der Waals surface area contributed by atoms with E-state index in [4.69, 9.17) is 17.3 Å². The second kappa shape index (κ2) is 8.73. The van der Waals surface area contributed by atoms with Crippen LogP contribution in [0.3, 0.4) is 0 Å². The number of hydrogen-bond donors (Lipinski definition) is 1. The minimum absolute atomic E-state index is 0.0127. The first-order valence-corrected chi connectivity index (χ1v) is 11.4. The van der Waals surface area contributed by atoms with Crippen LogP contribution in [0.2, 0.25) is 5.02 Å². The zero-order chi connectivity index (χ0) is 24.0. The number of fused-ring (bicyclic) bond motifs is 1. The molecule has 1 fully saturated rings. The van der Waals surface area contributed by atoms with Gasteiger partial charge in [0.05, 0.1) is 23.9 Å². The molecule has 1 aliphatic rings. The highest BCUT2D eigenvalue weighted by molar-refractivity contribution is 6.31. The second-order valence-electron chi connectivity index (χ2n) is 8.60. The Labute approximate surface area is 199 Å². The Hall–Kier alpha value is -3.43. The molecule has 34 heavy (non-hydrogen) atoms. The first kappa shape index (κ1) is 22.4. The van der Waals surface area contributed by atoms with Crippen molar-refractivity contribution >= 4 is 28.5 Å². The fraction of sp³-hybridized carbons (Fsp3) is 0.292. The highest BCUT2D eigenvalue weighted by atomic mass is 35.5. The summed E-state index contributed by atoms with van der Waals surface area (Å²) in [6.07, 6.45) is 5.00. The maximum Gasteiger partial charge on any atom is 0.335 e. The van der Waals surface area contributed by atoms with Crippen molar-refractivity contribution < 1.29 is 4.39 Å². The average molecular weight is 483 g/mol. The van der Waals surface area contributed by atoms with Gasteiger partial charge in [0.15, 0.2) is 0 Å². The molecule has 4 heterocycles. The Morgan fingerprint density at radius 1 is 1.24 bits per heavy atom. The van der Waals surface area contributed by atoms with E-state index in [1.54, 1.807) is 24.5 Å². The molecular formula is C24H24ClFN6O2. The van der Waals surface area contributed by atoms with Crippen molar-refractivity contribution in [3.05, 3.63) is 86.0 Å². The Kier molecular flexibility index (Phi) is 5.75. The predicted octanol–water partition coefficient (Wildman–Crippen LogP) is 2.65. The van der Waals surface area contributed by atoms with Gasteiger partial charge < -0.3 is 15.2 Å². The number of nitrogens with two attached hydrogens (primary N) is 1. The van der Waals surface area contributed by atoms with Gasteiger partial charge in [0.2, 0.25) is 0 Å². The van der Waals surface area contributed by atoms with Gasteiger partial charge in [-0.15, -0.1) is 0 Å². The molecule has 2 N–H and O–H groups in total. The van der Waals surface area contributed by atoms with Crippen LogP contribution in [-0.4, -0.2) is 37.8 Å². The topological polar surface area (TPSA) is 91.1 Å². The number of aromatic nitrogens is 4. The van der Waals surface area contributed by atoms with Crippen molar-refractivity contribution in [1.29, 1.82) is 0 Å². The molecule has 10 heteroatoms. The Morgan fingerprint density at radius 2 is 2.06 bits per heavy atom. The normalized spacial score (nSPS) is 16.4. The number of piperidine rings is 1. The molecule has 4 aromatic rings. The summed E-state index contributed by atoms with van der Waals surface area (Å²) in [6, 6.07) is 9.46. The van der Waals surface area contributed by atoms with Gasteiger partial charge in [0, 0.05) is 43.5 Å². The average Bonchev–Trinajstić information content (AvgIpc) is 3.19. The minimum atomic E-state index is -0.478. The van der Waals surface area contributed by atoms with Gasteiger partial charge in [0.25, 0.3) is 5.56 Å². The van der Waals surface area contributed by atoms with Crippen molar-refractivity contribution in [2.45, 2.75) is 25.4 Å². The van der Waals surface area contributed by atoms with Crippen LogP contribution >= 0.6 is 11.6 Å². The summed E-state index contributed by atoms with van der Waals surface area (Å²) in [5.41, 5.74) is 7.16. The number of nitrogens with zero attached hydrogens (tertiary/aromatic N) is 5. The Bertz CT molecular complexity index is 1490. The van der Waals surface area contributed by atoms with Gasteiger partial charge in [-0.05, 0) is 48.7 Å². The number of hydrogen-bond acceptors (Lipinski definition) is 5. The van der Waals surface area contributed by atoms with Gasteiger partial charge in [-0.3, -0.25) is 18.9 Å². The summed E-state index contributed by atoms with van der Waals surface area (Å²) in [7, 11) is 1.44. The van der Waals surface area contributed by atoms with Crippen molar-refractivity contribution in [2.24, 2.45) is 12.8 Å². The second-order valence-corrected chi connectivity index (χ2v) is 9.01. The van der Waals surface area contributed by atoms with Crippen LogP contribution in [0, 0.1) is 5.82 Å². The molecule has 0 radical (unpaired) electrons. The van der Waals surface area contributed by atoms with E-state index in [9.17, 15) is 14.0 Å². The lowest BCUT2D eigenvalue weighted by molar-refractivity contribution is 0.498. The lowest BCUT2D eigenvalue weighted by Crippen LogP contribution is -2.43. The molecule has 1 aromatic carbocycles. The number of pyridine rings is 1. The van der Waals surface area contributed by atoms with Gasteiger partial charge >= 0.3 is 5.69 Å². The first-order chi connectivity index (χ1) is 16.3. The van der Waals surface area contributed by atoms with Gasteiger partial charge in [0.1, 0.15) is 17.2 Å². The number of benzene rings is 1. The van der Waals surface area contributed by atoms with Gasteiger partial charge in [-0.1, -0.05) is 11.6 Å². The van der Waals surface area contributed by atoms with Crippen LogP contribution in [0.25, 0.3) is 16.7 Å². The number of rotatable bonds is 4. The van der Waals surface area contributed by atoms with E-state index in [0.29, 0.717) is 33.9 Å².